The SMILES string of the molecule is c1ccc(-c2ccc(N(c3cccc(-c4cccc5sc6ccc7c8ccccc8sc7c6c45)c3)c3cc4ccccc4c4ccccc34)cc2)cc1. The van der Waals surface area contributed by atoms with Crippen molar-refractivity contribution in [2.75, 3.05) is 4.90 Å². The van der Waals surface area contributed by atoms with Crippen LogP contribution in [0.2, 0.25) is 0 Å². The molecule has 2 aromatic heterocycles. The van der Waals surface area contributed by atoms with Gasteiger partial charge < -0.3 is 4.90 Å². The highest BCUT2D eigenvalue weighted by molar-refractivity contribution is 7.29. The predicted octanol–water partition coefficient (Wildman–Crippen LogP) is 15.5. The van der Waals surface area contributed by atoms with Crippen molar-refractivity contribution < 1.29 is 0 Å². The van der Waals surface area contributed by atoms with Gasteiger partial charge in [-0.15, -0.1) is 22.7 Å². The number of rotatable bonds is 5. The predicted molar refractivity (Wildman–Crippen MR) is 233 cm³/mol. The second-order valence-electron chi connectivity index (χ2n) is 13.7. The zero-order valence-electron chi connectivity index (χ0n) is 28.7. The molecular formula is C50H31NS2. The van der Waals surface area contributed by atoms with E-state index in [2.05, 4.69) is 193 Å². The summed E-state index contributed by atoms with van der Waals surface area (Å²) < 4.78 is 5.37. The number of thiophene rings is 2. The van der Waals surface area contributed by atoms with Crippen molar-refractivity contribution in [2.24, 2.45) is 0 Å². The molecule has 0 saturated heterocycles. The van der Waals surface area contributed by atoms with E-state index < -0.39 is 0 Å². The number of anilines is 3. The molecule has 0 fully saturated rings. The summed E-state index contributed by atoms with van der Waals surface area (Å²) in [6, 6.07) is 69.0. The summed E-state index contributed by atoms with van der Waals surface area (Å²) >= 11 is 3.81. The minimum absolute atomic E-state index is 1.12. The highest BCUT2D eigenvalue weighted by atomic mass is 32.1. The van der Waals surface area contributed by atoms with Gasteiger partial charge in [0.1, 0.15) is 0 Å². The largest absolute Gasteiger partial charge is 0.310 e. The number of fused-ring (bicyclic) bond motifs is 10. The van der Waals surface area contributed by atoms with E-state index in [1.165, 1.54) is 84.1 Å². The molecule has 248 valence electrons. The average molecular weight is 710 g/mol. The van der Waals surface area contributed by atoms with Gasteiger partial charge in [-0.05, 0) is 86.9 Å². The number of hydrogen-bond acceptors (Lipinski definition) is 3. The van der Waals surface area contributed by atoms with Gasteiger partial charge in [0.05, 0.1) is 5.69 Å². The molecule has 0 amide bonds. The number of nitrogens with zero attached hydrogens (tertiary/aromatic N) is 1. The Morgan fingerprint density at radius 3 is 1.87 bits per heavy atom. The van der Waals surface area contributed by atoms with Crippen LogP contribution in [0.1, 0.15) is 0 Å². The molecule has 0 spiro atoms. The van der Waals surface area contributed by atoms with Gasteiger partial charge in [-0.1, -0.05) is 140 Å². The molecule has 11 rings (SSSR count). The van der Waals surface area contributed by atoms with Gasteiger partial charge in [0.2, 0.25) is 0 Å². The molecular weight excluding hydrogens is 679 g/mol. The van der Waals surface area contributed by atoms with Crippen LogP contribution in [0.15, 0.2) is 188 Å². The van der Waals surface area contributed by atoms with Crippen LogP contribution in [0.4, 0.5) is 17.1 Å². The Morgan fingerprint density at radius 1 is 0.340 bits per heavy atom. The molecule has 0 saturated carbocycles. The first kappa shape index (κ1) is 30.4. The second-order valence-corrected chi connectivity index (χ2v) is 15.8. The molecule has 0 unspecified atom stereocenters. The van der Waals surface area contributed by atoms with Crippen molar-refractivity contribution in [1.29, 1.82) is 0 Å². The zero-order chi connectivity index (χ0) is 34.9. The van der Waals surface area contributed by atoms with Crippen molar-refractivity contribution in [1.82, 2.24) is 0 Å². The van der Waals surface area contributed by atoms with Crippen molar-refractivity contribution in [3.8, 4) is 22.3 Å². The summed E-state index contributed by atoms with van der Waals surface area (Å²) in [4.78, 5) is 2.45. The maximum absolute atomic E-state index is 2.45. The van der Waals surface area contributed by atoms with Gasteiger partial charge in [0.15, 0.2) is 0 Å². The molecule has 0 aliphatic rings. The maximum Gasteiger partial charge on any atom is 0.0546 e. The van der Waals surface area contributed by atoms with Crippen molar-refractivity contribution in [3.05, 3.63) is 188 Å². The topological polar surface area (TPSA) is 3.24 Å². The summed E-state index contributed by atoms with van der Waals surface area (Å²) in [5.74, 6) is 0. The van der Waals surface area contributed by atoms with E-state index in [0.717, 1.165) is 17.1 Å². The Hall–Kier alpha value is -6.26. The first-order chi connectivity index (χ1) is 26.3. The third-order valence-electron chi connectivity index (χ3n) is 10.6. The van der Waals surface area contributed by atoms with E-state index in [4.69, 9.17) is 0 Å². The molecule has 0 aliphatic heterocycles. The summed E-state index contributed by atoms with van der Waals surface area (Å²) in [5.41, 5.74) is 8.30. The fourth-order valence-corrected chi connectivity index (χ4v) is 10.7. The summed E-state index contributed by atoms with van der Waals surface area (Å²) in [6.45, 7) is 0. The molecule has 3 heteroatoms. The van der Waals surface area contributed by atoms with Gasteiger partial charge in [-0.3, -0.25) is 0 Å². The normalized spacial score (nSPS) is 11.8. The second kappa shape index (κ2) is 12.2. The van der Waals surface area contributed by atoms with Gasteiger partial charge in [0, 0.05) is 57.1 Å². The van der Waals surface area contributed by atoms with Crippen LogP contribution in [-0.4, -0.2) is 0 Å². The van der Waals surface area contributed by atoms with Crippen LogP contribution < -0.4 is 4.90 Å². The van der Waals surface area contributed by atoms with Crippen LogP contribution in [-0.2, 0) is 0 Å². The van der Waals surface area contributed by atoms with E-state index in [1.54, 1.807) is 0 Å². The Balaban J connectivity index is 1.15. The monoisotopic (exact) mass is 709 g/mol. The highest BCUT2D eigenvalue weighted by Gasteiger charge is 2.20. The quantitative estimate of drug-likeness (QED) is 0.161. The lowest BCUT2D eigenvalue weighted by Gasteiger charge is -2.28. The minimum Gasteiger partial charge on any atom is -0.310 e. The van der Waals surface area contributed by atoms with E-state index in [0.29, 0.717) is 0 Å². The van der Waals surface area contributed by atoms with Gasteiger partial charge in [-0.25, -0.2) is 0 Å². The maximum atomic E-state index is 2.45. The Kier molecular flexibility index (Phi) is 6.97. The molecule has 53 heavy (non-hydrogen) atoms. The van der Waals surface area contributed by atoms with Gasteiger partial charge in [-0.2, -0.15) is 0 Å². The Morgan fingerprint density at radius 2 is 1.00 bits per heavy atom. The van der Waals surface area contributed by atoms with E-state index >= 15 is 0 Å². The number of benzene rings is 9. The Bertz CT molecular complexity index is 3170. The lowest BCUT2D eigenvalue weighted by molar-refractivity contribution is 1.30. The van der Waals surface area contributed by atoms with Crippen molar-refractivity contribution >= 4 is 102 Å². The molecule has 9 aromatic carbocycles. The molecule has 0 aliphatic carbocycles. The van der Waals surface area contributed by atoms with Crippen LogP contribution in [0.25, 0.3) is 84.1 Å². The van der Waals surface area contributed by atoms with Crippen LogP contribution in [0.3, 0.4) is 0 Å². The minimum atomic E-state index is 1.12. The van der Waals surface area contributed by atoms with Crippen LogP contribution in [0.5, 0.6) is 0 Å². The first-order valence-electron chi connectivity index (χ1n) is 18.0. The Labute approximate surface area is 315 Å². The summed E-state index contributed by atoms with van der Waals surface area (Å²) in [7, 11) is 0. The first-order valence-corrected chi connectivity index (χ1v) is 19.6. The fraction of sp³-hybridized carbons (Fsp3) is 0. The molecule has 0 bridgehead atoms. The molecule has 0 N–H and O–H groups in total. The summed E-state index contributed by atoms with van der Waals surface area (Å²) in [6.07, 6.45) is 0. The third kappa shape index (κ3) is 4.89. The van der Waals surface area contributed by atoms with E-state index in [1.807, 2.05) is 22.7 Å². The number of hydrogen-bond donors (Lipinski definition) is 0. The fourth-order valence-electron chi connectivity index (χ4n) is 8.22. The smallest absolute Gasteiger partial charge is 0.0546 e. The molecule has 11 aromatic rings. The van der Waals surface area contributed by atoms with Crippen LogP contribution in [0, 0.1) is 0 Å². The molecule has 0 atom stereocenters. The molecule has 1 nitrogen and oxygen atoms in total. The van der Waals surface area contributed by atoms with Crippen molar-refractivity contribution in [3.63, 3.8) is 0 Å². The van der Waals surface area contributed by atoms with Gasteiger partial charge in [0.25, 0.3) is 0 Å². The van der Waals surface area contributed by atoms with E-state index in [-0.39, 0.29) is 0 Å². The van der Waals surface area contributed by atoms with Gasteiger partial charge >= 0.3 is 0 Å². The average Bonchev–Trinajstić information content (AvgIpc) is 3.80. The lowest BCUT2D eigenvalue weighted by Crippen LogP contribution is -2.10. The third-order valence-corrected chi connectivity index (χ3v) is 13.0. The van der Waals surface area contributed by atoms with E-state index in [9.17, 15) is 0 Å². The lowest BCUT2D eigenvalue weighted by atomic mass is 9.97. The standard InChI is InChI=1S/C50H31NS2/c1-2-12-32(13-3-1)33-24-26-36(27-25-33)51(44-31-35-14-4-5-17-38(35)40-18-6-7-19-41(40)44)37-16-10-15-34(30-37)39-21-11-23-46-48(39)49-47(52-46)29-28-43-42-20-8-9-22-45(42)53-50(43)49/h1-31H. The molecule has 2 heterocycles. The molecule has 0 radical (unpaired) electrons. The zero-order valence-corrected chi connectivity index (χ0v) is 30.3. The van der Waals surface area contributed by atoms with Crippen molar-refractivity contribution in [2.45, 2.75) is 0 Å². The van der Waals surface area contributed by atoms with Crippen LogP contribution >= 0.6 is 22.7 Å². The summed E-state index contributed by atoms with van der Waals surface area (Å²) in [5, 5.41) is 10.4. The highest BCUT2D eigenvalue weighted by Crippen LogP contribution is 2.48.